The predicted molar refractivity (Wildman–Crippen MR) is 70.6 cm³/mol. The Labute approximate surface area is 123 Å². The van der Waals surface area contributed by atoms with Crippen LogP contribution in [0.15, 0.2) is 30.7 Å². The molecule has 0 aliphatic carbocycles. The number of amides is 1. The van der Waals surface area contributed by atoms with E-state index in [1.54, 1.807) is 12.1 Å². The van der Waals surface area contributed by atoms with Gasteiger partial charge in [0, 0.05) is 25.5 Å². The van der Waals surface area contributed by atoms with Crippen LogP contribution in [-0.2, 0) is 6.18 Å². The molecule has 2 heterocycles. The van der Waals surface area contributed by atoms with Crippen LogP contribution in [0.25, 0.3) is 0 Å². The molecule has 2 aromatic heterocycles. The van der Waals surface area contributed by atoms with Crippen molar-refractivity contribution in [3.8, 4) is 5.88 Å². The van der Waals surface area contributed by atoms with Gasteiger partial charge in [0.05, 0.1) is 24.6 Å². The molecule has 22 heavy (non-hydrogen) atoms. The second-order valence-corrected chi connectivity index (χ2v) is 4.22. The van der Waals surface area contributed by atoms with Gasteiger partial charge >= 0.3 is 6.18 Å². The van der Waals surface area contributed by atoms with Gasteiger partial charge in [0.2, 0.25) is 11.7 Å². The molecule has 6 nitrogen and oxygen atoms in total. The van der Waals surface area contributed by atoms with Crippen molar-refractivity contribution in [1.29, 1.82) is 0 Å². The number of hydrogen-bond acceptors (Lipinski definition) is 5. The van der Waals surface area contributed by atoms with E-state index < -0.39 is 17.9 Å². The number of hydrogen-bond donors (Lipinski definition) is 0. The molecule has 9 heteroatoms. The first-order valence-corrected chi connectivity index (χ1v) is 6.00. The minimum absolute atomic E-state index is 0.0636. The molecule has 1 amide bonds. The molecule has 116 valence electrons. The summed E-state index contributed by atoms with van der Waals surface area (Å²) < 4.78 is 42.0. The van der Waals surface area contributed by atoms with E-state index in [4.69, 9.17) is 4.74 Å². The number of alkyl halides is 3. The molecule has 0 aliphatic heterocycles. The second kappa shape index (κ2) is 5.96. The fraction of sp³-hybridized carbons (Fsp3) is 0.231. The van der Waals surface area contributed by atoms with E-state index >= 15 is 0 Å². The molecular formula is C13H11F3N4O2. The van der Waals surface area contributed by atoms with E-state index in [2.05, 4.69) is 15.0 Å². The van der Waals surface area contributed by atoms with Crippen LogP contribution in [0, 0.1) is 0 Å². The van der Waals surface area contributed by atoms with E-state index in [0.717, 1.165) is 12.4 Å². The van der Waals surface area contributed by atoms with Crippen molar-refractivity contribution in [3.05, 3.63) is 42.1 Å². The maximum Gasteiger partial charge on any atom is 0.451 e. The minimum atomic E-state index is -4.65. The van der Waals surface area contributed by atoms with Crippen molar-refractivity contribution >= 4 is 11.6 Å². The number of aromatic nitrogens is 3. The normalized spacial score (nSPS) is 11.1. The van der Waals surface area contributed by atoms with Gasteiger partial charge in [-0.3, -0.25) is 4.79 Å². The maximum absolute atomic E-state index is 12.4. The number of methoxy groups -OCH3 is 1. The molecule has 0 saturated carbocycles. The van der Waals surface area contributed by atoms with Crippen LogP contribution in [0.5, 0.6) is 5.88 Å². The highest BCUT2D eigenvalue weighted by Crippen LogP contribution is 2.25. The lowest BCUT2D eigenvalue weighted by molar-refractivity contribution is -0.145. The van der Waals surface area contributed by atoms with Gasteiger partial charge in [0.15, 0.2) is 0 Å². The molecule has 2 rings (SSSR count). The lowest BCUT2D eigenvalue weighted by Gasteiger charge is -2.17. The van der Waals surface area contributed by atoms with Gasteiger partial charge in [-0.05, 0) is 6.07 Å². The highest BCUT2D eigenvalue weighted by atomic mass is 19.4. The standard InChI is InChI=1S/C13H11F3N4O2/c1-20(9-3-4-10(22-2)17-7-9)11(21)8-5-18-12(19-6-8)13(14,15)16/h3-7H,1-2H3. The van der Waals surface area contributed by atoms with Crippen LogP contribution in [0.2, 0.25) is 0 Å². The zero-order valence-electron chi connectivity index (χ0n) is 11.6. The summed E-state index contributed by atoms with van der Waals surface area (Å²) in [4.78, 5) is 23.6. The Kier molecular flexibility index (Phi) is 4.25. The average Bonchev–Trinajstić information content (AvgIpc) is 2.53. The van der Waals surface area contributed by atoms with Crippen LogP contribution in [0.4, 0.5) is 18.9 Å². The summed E-state index contributed by atoms with van der Waals surface area (Å²) in [5.41, 5.74) is 0.386. The van der Waals surface area contributed by atoms with Crippen molar-refractivity contribution in [2.24, 2.45) is 0 Å². The maximum atomic E-state index is 12.4. The zero-order valence-corrected chi connectivity index (χ0v) is 11.6. The first-order valence-electron chi connectivity index (χ1n) is 6.00. The van der Waals surface area contributed by atoms with E-state index in [1.165, 1.54) is 25.3 Å². The molecule has 0 fully saturated rings. The van der Waals surface area contributed by atoms with Gasteiger partial charge < -0.3 is 9.64 Å². The van der Waals surface area contributed by atoms with Crippen molar-refractivity contribution in [2.75, 3.05) is 19.1 Å². The monoisotopic (exact) mass is 312 g/mol. The molecule has 0 aromatic carbocycles. The quantitative estimate of drug-likeness (QED) is 0.869. The Balaban J connectivity index is 2.19. The lowest BCUT2D eigenvalue weighted by Crippen LogP contribution is -2.27. The van der Waals surface area contributed by atoms with E-state index in [1.807, 2.05) is 0 Å². The van der Waals surface area contributed by atoms with Crippen molar-refractivity contribution in [2.45, 2.75) is 6.18 Å². The van der Waals surface area contributed by atoms with Gasteiger partial charge in [0.25, 0.3) is 5.91 Å². The Morgan fingerprint density at radius 3 is 2.23 bits per heavy atom. The van der Waals surface area contributed by atoms with Gasteiger partial charge in [-0.25, -0.2) is 15.0 Å². The summed E-state index contributed by atoms with van der Waals surface area (Å²) in [5, 5.41) is 0. The molecule has 0 aliphatic rings. The summed E-state index contributed by atoms with van der Waals surface area (Å²) in [7, 11) is 2.92. The highest BCUT2D eigenvalue weighted by molar-refractivity contribution is 6.05. The van der Waals surface area contributed by atoms with Gasteiger partial charge in [-0.1, -0.05) is 0 Å². The zero-order chi connectivity index (χ0) is 16.3. The second-order valence-electron chi connectivity index (χ2n) is 4.22. The topological polar surface area (TPSA) is 68.2 Å². The van der Waals surface area contributed by atoms with E-state index in [9.17, 15) is 18.0 Å². The highest BCUT2D eigenvalue weighted by Gasteiger charge is 2.34. The Morgan fingerprint density at radius 2 is 1.77 bits per heavy atom. The van der Waals surface area contributed by atoms with E-state index in [-0.39, 0.29) is 5.56 Å². The Morgan fingerprint density at radius 1 is 1.14 bits per heavy atom. The summed E-state index contributed by atoms with van der Waals surface area (Å²) in [6.07, 6.45) is -1.56. The Hall–Kier alpha value is -2.71. The molecule has 0 spiro atoms. The number of nitrogens with zero attached hydrogens (tertiary/aromatic N) is 4. The number of rotatable bonds is 3. The smallest absolute Gasteiger partial charge is 0.451 e. The van der Waals surface area contributed by atoms with Crippen molar-refractivity contribution in [1.82, 2.24) is 15.0 Å². The number of halogens is 3. The SMILES string of the molecule is COc1ccc(N(C)C(=O)c2cnc(C(F)(F)F)nc2)cn1. The first-order chi connectivity index (χ1) is 10.3. The summed E-state index contributed by atoms with van der Waals surface area (Å²) in [6, 6.07) is 3.15. The summed E-state index contributed by atoms with van der Waals surface area (Å²) in [6.45, 7) is 0. The number of carbonyl (C=O) groups excluding carboxylic acids is 1. The molecule has 0 bridgehead atoms. The fourth-order valence-corrected chi connectivity index (χ4v) is 1.59. The van der Waals surface area contributed by atoms with Crippen LogP contribution in [0.3, 0.4) is 0 Å². The third-order valence-electron chi connectivity index (χ3n) is 2.77. The molecule has 0 unspecified atom stereocenters. The lowest BCUT2D eigenvalue weighted by atomic mass is 10.2. The summed E-state index contributed by atoms with van der Waals surface area (Å²) in [5.74, 6) is -1.47. The average molecular weight is 312 g/mol. The van der Waals surface area contributed by atoms with Crippen LogP contribution in [0.1, 0.15) is 16.2 Å². The molecule has 0 radical (unpaired) electrons. The van der Waals surface area contributed by atoms with Crippen molar-refractivity contribution in [3.63, 3.8) is 0 Å². The minimum Gasteiger partial charge on any atom is -0.481 e. The Bertz CT molecular complexity index is 656. The van der Waals surface area contributed by atoms with Crippen molar-refractivity contribution < 1.29 is 22.7 Å². The van der Waals surface area contributed by atoms with Gasteiger partial charge in [0.1, 0.15) is 0 Å². The fourth-order valence-electron chi connectivity index (χ4n) is 1.59. The summed E-state index contributed by atoms with van der Waals surface area (Å²) >= 11 is 0. The first kappa shape index (κ1) is 15.7. The van der Waals surface area contributed by atoms with Crippen LogP contribution in [-0.4, -0.2) is 35.0 Å². The number of ether oxygens (including phenoxy) is 1. The molecule has 0 saturated heterocycles. The van der Waals surface area contributed by atoms with E-state index in [0.29, 0.717) is 11.6 Å². The molecule has 0 atom stereocenters. The molecule has 2 aromatic rings. The van der Waals surface area contributed by atoms with Crippen LogP contribution >= 0.6 is 0 Å². The molecular weight excluding hydrogens is 301 g/mol. The third kappa shape index (κ3) is 3.30. The molecule has 0 N–H and O–H groups in total. The number of anilines is 1. The van der Waals surface area contributed by atoms with Gasteiger partial charge in [-0.15, -0.1) is 0 Å². The number of carbonyl (C=O) groups is 1. The van der Waals surface area contributed by atoms with Crippen LogP contribution < -0.4 is 9.64 Å². The largest absolute Gasteiger partial charge is 0.481 e. The number of pyridine rings is 1. The van der Waals surface area contributed by atoms with Gasteiger partial charge in [-0.2, -0.15) is 13.2 Å². The predicted octanol–water partition coefficient (Wildman–Crippen LogP) is 2.18. The third-order valence-corrected chi connectivity index (χ3v) is 2.77.